The number of aliphatic hydroxyl groups excluding tert-OH is 1. The van der Waals surface area contributed by atoms with Gasteiger partial charge in [0.2, 0.25) is 0 Å². The van der Waals surface area contributed by atoms with Crippen LogP contribution in [0, 0.1) is 6.92 Å². The topological polar surface area (TPSA) is 42.4 Å². The zero-order valence-electron chi connectivity index (χ0n) is 9.23. The van der Waals surface area contributed by atoms with Crippen LogP contribution in [0.5, 0.6) is 5.75 Å². The average molecular weight is 235 g/mol. The molecule has 1 heterocycles. The monoisotopic (exact) mass is 235 g/mol. The van der Waals surface area contributed by atoms with E-state index in [1.807, 2.05) is 31.2 Å². The number of methoxy groups -OCH3 is 1. The first-order valence-corrected chi connectivity index (χ1v) is 5.78. The van der Waals surface area contributed by atoms with Gasteiger partial charge < -0.3 is 9.84 Å². The Balaban J connectivity index is 2.57. The Morgan fingerprint density at radius 3 is 2.81 bits per heavy atom. The standard InChI is InChI=1S/C12H13NO2S/c1-8-13-12(11(7-14)16-8)9-5-3-4-6-10(9)15-2/h3-6,14H,7H2,1-2H3. The first-order valence-electron chi connectivity index (χ1n) is 4.96. The second kappa shape index (κ2) is 4.63. The molecular weight excluding hydrogens is 222 g/mol. The van der Waals surface area contributed by atoms with Gasteiger partial charge in [0, 0.05) is 5.56 Å². The Morgan fingerprint density at radius 2 is 2.12 bits per heavy atom. The quantitative estimate of drug-likeness (QED) is 0.889. The van der Waals surface area contributed by atoms with E-state index in [0.717, 1.165) is 26.9 Å². The molecule has 0 fully saturated rings. The summed E-state index contributed by atoms with van der Waals surface area (Å²) < 4.78 is 5.29. The van der Waals surface area contributed by atoms with Crippen LogP contribution < -0.4 is 4.74 Å². The van der Waals surface area contributed by atoms with Gasteiger partial charge in [0.05, 0.1) is 29.3 Å². The fraction of sp³-hybridized carbons (Fsp3) is 0.250. The second-order valence-electron chi connectivity index (χ2n) is 3.36. The lowest BCUT2D eigenvalue weighted by atomic mass is 10.1. The largest absolute Gasteiger partial charge is 0.496 e. The molecule has 3 nitrogen and oxygen atoms in total. The van der Waals surface area contributed by atoms with Crippen LogP contribution in [-0.4, -0.2) is 17.2 Å². The minimum Gasteiger partial charge on any atom is -0.496 e. The lowest BCUT2D eigenvalue weighted by Gasteiger charge is -2.06. The smallest absolute Gasteiger partial charge is 0.128 e. The zero-order valence-corrected chi connectivity index (χ0v) is 10.0. The van der Waals surface area contributed by atoms with E-state index in [-0.39, 0.29) is 6.61 Å². The van der Waals surface area contributed by atoms with Crippen molar-refractivity contribution in [2.45, 2.75) is 13.5 Å². The molecule has 1 aromatic heterocycles. The number of ether oxygens (including phenoxy) is 1. The van der Waals surface area contributed by atoms with Gasteiger partial charge in [-0.3, -0.25) is 0 Å². The highest BCUT2D eigenvalue weighted by molar-refractivity contribution is 7.12. The van der Waals surface area contributed by atoms with Crippen LogP contribution in [0.4, 0.5) is 0 Å². The summed E-state index contributed by atoms with van der Waals surface area (Å²) in [6.07, 6.45) is 0. The van der Waals surface area contributed by atoms with Crippen LogP contribution >= 0.6 is 11.3 Å². The van der Waals surface area contributed by atoms with Crippen molar-refractivity contribution in [2.24, 2.45) is 0 Å². The highest BCUT2D eigenvalue weighted by atomic mass is 32.1. The van der Waals surface area contributed by atoms with Crippen LogP contribution in [-0.2, 0) is 6.61 Å². The third-order valence-corrected chi connectivity index (χ3v) is 3.27. The van der Waals surface area contributed by atoms with Gasteiger partial charge >= 0.3 is 0 Å². The Hall–Kier alpha value is -1.39. The van der Waals surface area contributed by atoms with Gasteiger partial charge in [0.1, 0.15) is 5.75 Å². The zero-order chi connectivity index (χ0) is 11.5. The molecule has 0 saturated carbocycles. The molecule has 1 N–H and O–H groups in total. The molecule has 1 aromatic carbocycles. The molecule has 0 unspecified atom stereocenters. The van der Waals surface area contributed by atoms with Gasteiger partial charge in [0.15, 0.2) is 0 Å². The number of nitrogens with zero attached hydrogens (tertiary/aromatic N) is 1. The van der Waals surface area contributed by atoms with E-state index in [1.165, 1.54) is 11.3 Å². The maximum atomic E-state index is 9.29. The van der Waals surface area contributed by atoms with Crippen molar-refractivity contribution >= 4 is 11.3 Å². The minimum atomic E-state index is 0.0128. The first-order chi connectivity index (χ1) is 7.76. The number of thiazole rings is 1. The molecule has 0 aliphatic heterocycles. The molecule has 4 heteroatoms. The molecule has 0 aliphatic rings. The van der Waals surface area contributed by atoms with E-state index in [0.29, 0.717) is 0 Å². The third kappa shape index (κ3) is 1.94. The first kappa shape index (κ1) is 11.1. The predicted octanol–water partition coefficient (Wildman–Crippen LogP) is 2.62. The fourth-order valence-electron chi connectivity index (χ4n) is 1.63. The van der Waals surface area contributed by atoms with Crippen molar-refractivity contribution < 1.29 is 9.84 Å². The molecule has 0 radical (unpaired) electrons. The molecule has 0 saturated heterocycles. The SMILES string of the molecule is COc1ccccc1-c1nc(C)sc1CO. The number of para-hydroxylation sites is 1. The van der Waals surface area contributed by atoms with Gasteiger partial charge in [0.25, 0.3) is 0 Å². The molecule has 0 spiro atoms. The maximum absolute atomic E-state index is 9.29. The number of aromatic nitrogens is 1. The number of aliphatic hydroxyl groups is 1. The molecule has 84 valence electrons. The summed E-state index contributed by atoms with van der Waals surface area (Å²) in [6, 6.07) is 7.70. The summed E-state index contributed by atoms with van der Waals surface area (Å²) in [5.74, 6) is 0.780. The molecule has 0 aliphatic carbocycles. The summed E-state index contributed by atoms with van der Waals surface area (Å²) in [6.45, 7) is 1.95. The van der Waals surface area contributed by atoms with E-state index in [1.54, 1.807) is 7.11 Å². The van der Waals surface area contributed by atoms with Crippen LogP contribution in [0.25, 0.3) is 11.3 Å². The number of benzene rings is 1. The molecule has 2 aromatic rings. The highest BCUT2D eigenvalue weighted by Crippen LogP contribution is 2.34. The lowest BCUT2D eigenvalue weighted by Crippen LogP contribution is -1.90. The van der Waals surface area contributed by atoms with E-state index in [4.69, 9.17) is 4.74 Å². The average Bonchev–Trinajstić information content (AvgIpc) is 2.70. The number of hydrogen-bond acceptors (Lipinski definition) is 4. The Kier molecular flexibility index (Phi) is 3.22. The molecule has 16 heavy (non-hydrogen) atoms. The summed E-state index contributed by atoms with van der Waals surface area (Å²) in [5, 5.41) is 10.2. The van der Waals surface area contributed by atoms with Crippen molar-refractivity contribution in [1.82, 2.24) is 4.98 Å². The number of hydrogen-bond donors (Lipinski definition) is 1. The van der Waals surface area contributed by atoms with Gasteiger partial charge in [-0.05, 0) is 19.1 Å². The van der Waals surface area contributed by atoms with E-state index >= 15 is 0 Å². The number of rotatable bonds is 3. The molecule has 0 atom stereocenters. The lowest BCUT2D eigenvalue weighted by molar-refractivity contribution is 0.286. The summed E-state index contributed by atoms with van der Waals surface area (Å²) in [5.41, 5.74) is 1.75. The summed E-state index contributed by atoms with van der Waals surface area (Å²) in [7, 11) is 1.64. The van der Waals surface area contributed by atoms with Crippen molar-refractivity contribution in [3.8, 4) is 17.0 Å². The molecular formula is C12H13NO2S. The van der Waals surface area contributed by atoms with Gasteiger partial charge in [-0.1, -0.05) is 12.1 Å². The third-order valence-electron chi connectivity index (χ3n) is 2.31. The minimum absolute atomic E-state index is 0.0128. The van der Waals surface area contributed by atoms with Crippen LogP contribution in [0.3, 0.4) is 0 Å². The van der Waals surface area contributed by atoms with Gasteiger partial charge in [-0.15, -0.1) is 11.3 Å². The van der Waals surface area contributed by atoms with Crippen LogP contribution in [0.15, 0.2) is 24.3 Å². The van der Waals surface area contributed by atoms with E-state index in [2.05, 4.69) is 4.98 Å². The normalized spacial score (nSPS) is 10.4. The molecule has 0 amide bonds. The van der Waals surface area contributed by atoms with Gasteiger partial charge in [-0.2, -0.15) is 0 Å². The predicted molar refractivity (Wildman–Crippen MR) is 64.8 cm³/mol. The highest BCUT2D eigenvalue weighted by Gasteiger charge is 2.13. The van der Waals surface area contributed by atoms with Crippen molar-refractivity contribution in [2.75, 3.05) is 7.11 Å². The molecule has 2 rings (SSSR count). The van der Waals surface area contributed by atoms with Crippen molar-refractivity contribution in [3.63, 3.8) is 0 Å². The van der Waals surface area contributed by atoms with E-state index in [9.17, 15) is 5.11 Å². The second-order valence-corrected chi connectivity index (χ2v) is 4.65. The Labute approximate surface area is 98.4 Å². The maximum Gasteiger partial charge on any atom is 0.128 e. The van der Waals surface area contributed by atoms with Crippen molar-refractivity contribution in [1.29, 1.82) is 0 Å². The fourth-order valence-corrected chi connectivity index (χ4v) is 2.44. The van der Waals surface area contributed by atoms with Gasteiger partial charge in [-0.25, -0.2) is 4.98 Å². The van der Waals surface area contributed by atoms with Crippen LogP contribution in [0.1, 0.15) is 9.88 Å². The summed E-state index contributed by atoms with van der Waals surface area (Å²) >= 11 is 1.51. The van der Waals surface area contributed by atoms with E-state index < -0.39 is 0 Å². The molecule has 0 bridgehead atoms. The van der Waals surface area contributed by atoms with Crippen LogP contribution in [0.2, 0.25) is 0 Å². The van der Waals surface area contributed by atoms with Crippen molar-refractivity contribution in [3.05, 3.63) is 34.2 Å². The number of aryl methyl sites for hydroxylation is 1. The Bertz CT molecular complexity index is 494. The Morgan fingerprint density at radius 1 is 1.38 bits per heavy atom. The summed E-state index contributed by atoms with van der Waals surface area (Å²) in [4.78, 5) is 5.32.